The van der Waals surface area contributed by atoms with E-state index in [2.05, 4.69) is 12.1 Å². The lowest BCUT2D eigenvalue weighted by molar-refractivity contribution is -0.143. The van der Waals surface area contributed by atoms with Gasteiger partial charge in [0.25, 0.3) is 0 Å². The molecule has 0 amide bonds. The molecule has 0 spiro atoms. The molecule has 1 aromatic heterocycles. The topological polar surface area (TPSA) is 62.7 Å². The molecule has 1 aliphatic carbocycles. The zero-order chi connectivity index (χ0) is 21.6. The maximum atomic E-state index is 11.9. The molecule has 1 fully saturated rings. The maximum absolute atomic E-state index is 11.9. The van der Waals surface area contributed by atoms with Gasteiger partial charge in [0.15, 0.2) is 0 Å². The fraction of sp³-hybridized carbons (Fsp3) is 0.520. The Labute approximate surface area is 189 Å². The van der Waals surface area contributed by atoms with Crippen molar-refractivity contribution in [2.45, 2.75) is 63.5 Å². The third-order valence-corrected chi connectivity index (χ3v) is 6.74. The van der Waals surface area contributed by atoms with Crippen molar-refractivity contribution in [1.29, 1.82) is 0 Å². The Morgan fingerprint density at radius 1 is 1.19 bits per heavy atom. The van der Waals surface area contributed by atoms with Gasteiger partial charge in [-0.1, -0.05) is 35.9 Å². The first-order valence-electron chi connectivity index (χ1n) is 11.4. The summed E-state index contributed by atoms with van der Waals surface area (Å²) in [5, 5.41) is 10.3. The van der Waals surface area contributed by atoms with Gasteiger partial charge in [-0.2, -0.15) is 0 Å². The molecular formula is C25H31ClN2O3. The fourth-order valence-corrected chi connectivity index (χ4v) is 4.97. The van der Waals surface area contributed by atoms with E-state index in [1.165, 1.54) is 36.2 Å². The fourth-order valence-electron chi connectivity index (χ4n) is 4.73. The number of benzene rings is 1. The minimum absolute atomic E-state index is 0.0752. The van der Waals surface area contributed by atoms with Gasteiger partial charge >= 0.3 is 5.97 Å². The van der Waals surface area contributed by atoms with Gasteiger partial charge in [0, 0.05) is 36.1 Å². The van der Waals surface area contributed by atoms with Crippen molar-refractivity contribution in [3.63, 3.8) is 0 Å². The lowest BCUT2D eigenvalue weighted by Crippen LogP contribution is -2.33. The van der Waals surface area contributed by atoms with Crippen molar-refractivity contribution in [3.05, 3.63) is 63.9 Å². The zero-order valence-corrected chi connectivity index (χ0v) is 18.7. The number of rotatable bonds is 9. The van der Waals surface area contributed by atoms with Crippen LogP contribution in [0.4, 0.5) is 0 Å². The molecule has 0 saturated carbocycles. The van der Waals surface area contributed by atoms with Gasteiger partial charge in [-0.15, -0.1) is 0 Å². The summed E-state index contributed by atoms with van der Waals surface area (Å²) in [6, 6.07) is 10.9. The number of hydrogen-bond donors (Lipinski definition) is 1. The average molecular weight is 443 g/mol. The van der Waals surface area contributed by atoms with E-state index in [1.54, 1.807) is 12.1 Å². The number of aliphatic carboxylic acids is 1. The van der Waals surface area contributed by atoms with Gasteiger partial charge in [-0.05, 0) is 74.6 Å². The molecule has 1 N–H and O–H groups in total. The SMILES string of the molecule is O=C(O)[C@@H](c1ccccc1Cl)N1CC[C@@H](OCCCCc2ccc3c(n2)CCCC3)C1. The van der Waals surface area contributed by atoms with Crippen molar-refractivity contribution in [2.75, 3.05) is 19.7 Å². The van der Waals surface area contributed by atoms with E-state index in [1.807, 2.05) is 17.0 Å². The molecule has 166 valence electrons. The number of nitrogens with zero attached hydrogens (tertiary/aromatic N) is 2. The number of aromatic nitrogens is 1. The molecule has 1 aliphatic heterocycles. The highest BCUT2D eigenvalue weighted by molar-refractivity contribution is 6.31. The summed E-state index contributed by atoms with van der Waals surface area (Å²) in [5.41, 5.74) is 4.57. The normalized spacial score (nSPS) is 19.8. The van der Waals surface area contributed by atoms with Crippen LogP contribution in [0, 0.1) is 0 Å². The lowest BCUT2D eigenvalue weighted by Gasteiger charge is -2.25. The van der Waals surface area contributed by atoms with Gasteiger partial charge in [-0.3, -0.25) is 14.7 Å². The van der Waals surface area contributed by atoms with E-state index in [0.29, 0.717) is 30.3 Å². The molecule has 1 aromatic carbocycles. The van der Waals surface area contributed by atoms with Crippen molar-refractivity contribution in [2.24, 2.45) is 0 Å². The summed E-state index contributed by atoms with van der Waals surface area (Å²) in [6.45, 7) is 2.02. The standard InChI is InChI=1S/C25H31ClN2O3/c26-22-10-3-2-9-21(22)24(25(29)30)28-15-14-20(17-28)31-16-6-5-8-19-13-12-18-7-1-4-11-23(18)27-19/h2-3,9-10,12-13,20,24H,1,4-8,11,14-17H2,(H,29,30)/t20-,24-/m1/s1. The summed E-state index contributed by atoms with van der Waals surface area (Å²) in [7, 11) is 0. The van der Waals surface area contributed by atoms with Crippen LogP contribution in [-0.4, -0.2) is 46.8 Å². The molecule has 5 nitrogen and oxygen atoms in total. The third-order valence-electron chi connectivity index (χ3n) is 6.39. The predicted molar refractivity (Wildman–Crippen MR) is 122 cm³/mol. The highest BCUT2D eigenvalue weighted by Crippen LogP contribution is 2.31. The number of carboxylic acid groups (broad SMARTS) is 1. The van der Waals surface area contributed by atoms with E-state index in [-0.39, 0.29) is 6.10 Å². The molecule has 2 heterocycles. The van der Waals surface area contributed by atoms with Gasteiger partial charge in [-0.25, -0.2) is 0 Å². The van der Waals surface area contributed by atoms with E-state index in [4.69, 9.17) is 21.3 Å². The van der Waals surface area contributed by atoms with Crippen LogP contribution in [0.15, 0.2) is 36.4 Å². The summed E-state index contributed by atoms with van der Waals surface area (Å²) >= 11 is 6.26. The highest BCUT2D eigenvalue weighted by Gasteiger charge is 2.34. The number of unbranched alkanes of at least 4 members (excludes halogenated alkanes) is 1. The van der Waals surface area contributed by atoms with Crippen LogP contribution < -0.4 is 0 Å². The Balaban J connectivity index is 1.21. The Hall–Kier alpha value is -1.95. The van der Waals surface area contributed by atoms with Crippen LogP contribution in [0.1, 0.15) is 60.7 Å². The van der Waals surface area contributed by atoms with Crippen molar-refractivity contribution >= 4 is 17.6 Å². The third kappa shape index (κ3) is 5.65. The van der Waals surface area contributed by atoms with Crippen LogP contribution in [0.25, 0.3) is 0 Å². The van der Waals surface area contributed by atoms with E-state index >= 15 is 0 Å². The first-order valence-corrected chi connectivity index (χ1v) is 11.8. The van der Waals surface area contributed by atoms with Gasteiger partial charge < -0.3 is 9.84 Å². The summed E-state index contributed by atoms with van der Waals surface area (Å²) in [5.74, 6) is -0.869. The van der Waals surface area contributed by atoms with Gasteiger partial charge in [0.1, 0.15) is 6.04 Å². The molecule has 0 unspecified atom stereocenters. The van der Waals surface area contributed by atoms with Crippen LogP contribution in [0.3, 0.4) is 0 Å². The Kier molecular flexibility index (Phi) is 7.59. The molecule has 31 heavy (non-hydrogen) atoms. The minimum atomic E-state index is -0.869. The molecule has 6 heteroatoms. The first-order chi connectivity index (χ1) is 15.1. The number of carbonyl (C=O) groups is 1. The predicted octanol–water partition coefficient (Wildman–Crippen LogP) is 4.85. The van der Waals surface area contributed by atoms with Crippen molar-refractivity contribution in [3.8, 4) is 0 Å². The van der Waals surface area contributed by atoms with Crippen molar-refractivity contribution in [1.82, 2.24) is 9.88 Å². The van der Waals surface area contributed by atoms with Crippen LogP contribution >= 0.6 is 11.6 Å². The number of halogens is 1. The minimum Gasteiger partial charge on any atom is -0.480 e. The quantitative estimate of drug-likeness (QED) is 0.562. The Morgan fingerprint density at radius 3 is 2.87 bits per heavy atom. The second kappa shape index (κ2) is 10.6. The number of likely N-dealkylation sites (tertiary alicyclic amines) is 1. The number of carboxylic acids is 1. The summed E-state index contributed by atoms with van der Waals surface area (Å²) in [4.78, 5) is 18.7. The Morgan fingerprint density at radius 2 is 2.03 bits per heavy atom. The van der Waals surface area contributed by atoms with Crippen LogP contribution in [-0.2, 0) is 28.8 Å². The first kappa shape index (κ1) is 22.3. The Bertz CT molecular complexity index is 904. The molecule has 1 saturated heterocycles. The molecule has 2 aromatic rings. The number of fused-ring (bicyclic) bond motifs is 1. The number of hydrogen-bond acceptors (Lipinski definition) is 4. The monoisotopic (exact) mass is 442 g/mol. The molecular weight excluding hydrogens is 412 g/mol. The lowest BCUT2D eigenvalue weighted by atomic mass is 9.95. The molecule has 2 atom stereocenters. The second-order valence-electron chi connectivity index (χ2n) is 8.61. The second-order valence-corrected chi connectivity index (χ2v) is 9.02. The molecule has 0 bridgehead atoms. The van der Waals surface area contributed by atoms with Crippen LogP contribution in [0.2, 0.25) is 5.02 Å². The van der Waals surface area contributed by atoms with E-state index in [0.717, 1.165) is 32.1 Å². The number of pyridine rings is 1. The highest BCUT2D eigenvalue weighted by atomic mass is 35.5. The average Bonchev–Trinajstić information content (AvgIpc) is 3.23. The van der Waals surface area contributed by atoms with E-state index in [9.17, 15) is 9.90 Å². The summed E-state index contributed by atoms with van der Waals surface area (Å²) < 4.78 is 6.07. The van der Waals surface area contributed by atoms with Crippen LogP contribution in [0.5, 0.6) is 0 Å². The van der Waals surface area contributed by atoms with E-state index < -0.39 is 12.0 Å². The number of aryl methyl sites for hydroxylation is 3. The smallest absolute Gasteiger partial charge is 0.325 e. The van der Waals surface area contributed by atoms with Crippen molar-refractivity contribution < 1.29 is 14.6 Å². The largest absolute Gasteiger partial charge is 0.480 e. The molecule has 4 rings (SSSR count). The zero-order valence-electron chi connectivity index (χ0n) is 17.9. The number of ether oxygens (including phenoxy) is 1. The molecule has 2 aliphatic rings. The summed E-state index contributed by atoms with van der Waals surface area (Å²) in [6.07, 6.45) is 8.80. The van der Waals surface area contributed by atoms with Gasteiger partial charge in [0.2, 0.25) is 0 Å². The van der Waals surface area contributed by atoms with Gasteiger partial charge in [0.05, 0.1) is 6.10 Å². The maximum Gasteiger partial charge on any atom is 0.325 e. The molecule has 0 radical (unpaired) electrons.